The van der Waals surface area contributed by atoms with E-state index in [-0.39, 0.29) is 5.91 Å². The Kier molecular flexibility index (Phi) is 4.53. The first kappa shape index (κ1) is 17.2. The minimum atomic E-state index is 0.144. The van der Waals surface area contributed by atoms with E-state index >= 15 is 0 Å². The predicted octanol–water partition coefficient (Wildman–Crippen LogP) is 3.21. The first-order chi connectivity index (χ1) is 12.5. The molecule has 0 unspecified atom stereocenters. The highest BCUT2D eigenvalue weighted by Crippen LogP contribution is 2.33. The Morgan fingerprint density at radius 2 is 1.69 bits per heavy atom. The zero-order valence-electron chi connectivity index (χ0n) is 15.9. The first-order valence-corrected chi connectivity index (χ1v) is 9.50. The lowest BCUT2D eigenvalue weighted by atomic mass is 10.0. The lowest BCUT2D eigenvalue weighted by Crippen LogP contribution is -2.33. The first-order valence-electron chi connectivity index (χ1n) is 9.50. The molecule has 2 saturated heterocycles. The van der Waals surface area contributed by atoms with Crippen molar-refractivity contribution < 1.29 is 4.79 Å². The number of aromatic nitrogens is 1. The molecule has 4 heteroatoms. The second-order valence-electron chi connectivity index (χ2n) is 8.06. The predicted molar refractivity (Wildman–Crippen MR) is 103 cm³/mol. The minimum absolute atomic E-state index is 0.144. The van der Waals surface area contributed by atoms with Crippen LogP contribution in [-0.4, -0.2) is 46.9 Å². The molecule has 0 radical (unpaired) electrons. The maximum Gasteiger partial charge on any atom is 0.255 e. The topological polar surface area (TPSA) is 36.4 Å². The van der Waals surface area contributed by atoms with E-state index in [1.807, 2.05) is 24.0 Å². The van der Waals surface area contributed by atoms with Crippen LogP contribution in [-0.2, 0) is 6.54 Å². The van der Waals surface area contributed by atoms with Gasteiger partial charge in [0.05, 0.1) is 5.56 Å². The smallest absolute Gasteiger partial charge is 0.255 e. The molecular formula is C22H27N3O. The number of hydrogen-bond donors (Lipinski definition) is 0. The average molecular weight is 349 g/mol. The van der Waals surface area contributed by atoms with Gasteiger partial charge in [0.25, 0.3) is 5.91 Å². The van der Waals surface area contributed by atoms with Crippen molar-refractivity contribution in [3.63, 3.8) is 0 Å². The third-order valence-electron chi connectivity index (χ3n) is 5.77. The van der Waals surface area contributed by atoms with Crippen LogP contribution in [0.5, 0.6) is 0 Å². The van der Waals surface area contributed by atoms with Gasteiger partial charge in [0, 0.05) is 44.6 Å². The molecule has 4 nitrogen and oxygen atoms in total. The normalized spacial score (nSPS) is 22.7. The van der Waals surface area contributed by atoms with Gasteiger partial charge in [-0.1, -0.05) is 29.3 Å². The van der Waals surface area contributed by atoms with E-state index in [2.05, 4.69) is 41.9 Å². The molecule has 1 aromatic carbocycles. The largest absolute Gasteiger partial charge is 0.338 e. The molecule has 1 aromatic heterocycles. The van der Waals surface area contributed by atoms with E-state index in [1.165, 1.54) is 16.7 Å². The molecule has 4 rings (SSSR count). The Hall–Kier alpha value is -2.20. The number of aryl methyl sites for hydroxylation is 3. The summed E-state index contributed by atoms with van der Waals surface area (Å²) in [6.45, 7) is 11.2. The van der Waals surface area contributed by atoms with Gasteiger partial charge in [-0.15, -0.1) is 0 Å². The molecule has 2 atom stereocenters. The Labute approximate surface area is 155 Å². The number of benzene rings is 1. The van der Waals surface area contributed by atoms with Crippen molar-refractivity contribution in [1.82, 2.24) is 14.8 Å². The summed E-state index contributed by atoms with van der Waals surface area (Å²) >= 11 is 0. The van der Waals surface area contributed by atoms with Gasteiger partial charge in [0.15, 0.2) is 0 Å². The number of pyridine rings is 1. The van der Waals surface area contributed by atoms with Gasteiger partial charge >= 0.3 is 0 Å². The Morgan fingerprint density at radius 1 is 1.04 bits per heavy atom. The van der Waals surface area contributed by atoms with Crippen LogP contribution in [0.15, 0.2) is 36.5 Å². The Morgan fingerprint density at radius 3 is 2.31 bits per heavy atom. The standard InChI is InChI=1S/C22H27N3O/c1-15-7-16(2)9-18(8-15)10-24-11-19-13-25(14-20(19)12-24)22(26)21-5-4-6-23-17(21)3/h4-9,19-20H,10-14H2,1-3H3/t19-,20+. The van der Waals surface area contributed by atoms with Gasteiger partial charge in [-0.25, -0.2) is 0 Å². The molecule has 0 spiro atoms. The fourth-order valence-electron chi connectivity index (χ4n) is 4.68. The van der Waals surface area contributed by atoms with Crippen LogP contribution in [0.25, 0.3) is 0 Å². The van der Waals surface area contributed by atoms with Crippen molar-refractivity contribution in [3.8, 4) is 0 Å². The lowest BCUT2D eigenvalue weighted by Gasteiger charge is -2.22. The molecule has 2 fully saturated rings. The van der Waals surface area contributed by atoms with Gasteiger partial charge in [-0.2, -0.15) is 0 Å². The average Bonchev–Trinajstić information content (AvgIpc) is 3.12. The summed E-state index contributed by atoms with van der Waals surface area (Å²) in [5.74, 6) is 1.34. The van der Waals surface area contributed by atoms with E-state index in [1.54, 1.807) is 6.20 Å². The highest BCUT2D eigenvalue weighted by molar-refractivity contribution is 5.95. The third kappa shape index (κ3) is 3.38. The Balaban J connectivity index is 1.38. The molecule has 0 aliphatic carbocycles. The highest BCUT2D eigenvalue weighted by Gasteiger charge is 2.41. The molecule has 0 saturated carbocycles. The number of fused-ring (bicyclic) bond motifs is 1. The third-order valence-corrected chi connectivity index (χ3v) is 5.77. The van der Waals surface area contributed by atoms with Crippen LogP contribution in [0, 0.1) is 32.6 Å². The fraction of sp³-hybridized carbons (Fsp3) is 0.455. The van der Waals surface area contributed by atoms with E-state index in [9.17, 15) is 4.79 Å². The maximum absolute atomic E-state index is 12.8. The van der Waals surface area contributed by atoms with Crippen LogP contribution >= 0.6 is 0 Å². The van der Waals surface area contributed by atoms with Crippen molar-refractivity contribution >= 4 is 5.91 Å². The number of amides is 1. The summed E-state index contributed by atoms with van der Waals surface area (Å²) in [6.07, 6.45) is 1.75. The monoisotopic (exact) mass is 349 g/mol. The number of carbonyl (C=O) groups excluding carboxylic acids is 1. The molecule has 2 aromatic rings. The van der Waals surface area contributed by atoms with Crippen LogP contribution in [0.1, 0.15) is 32.7 Å². The number of hydrogen-bond acceptors (Lipinski definition) is 3. The van der Waals surface area contributed by atoms with Crippen LogP contribution < -0.4 is 0 Å². The van der Waals surface area contributed by atoms with Crippen molar-refractivity contribution in [2.24, 2.45) is 11.8 Å². The molecule has 136 valence electrons. The zero-order valence-corrected chi connectivity index (χ0v) is 15.9. The van der Waals surface area contributed by atoms with E-state index in [4.69, 9.17) is 0 Å². The van der Waals surface area contributed by atoms with Gasteiger partial charge < -0.3 is 4.90 Å². The van der Waals surface area contributed by atoms with Crippen molar-refractivity contribution in [3.05, 3.63) is 64.5 Å². The van der Waals surface area contributed by atoms with Gasteiger partial charge in [-0.05, 0) is 50.3 Å². The summed E-state index contributed by atoms with van der Waals surface area (Å²) in [5.41, 5.74) is 5.65. The number of carbonyl (C=O) groups is 1. The molecule has 2 aliphatic rings. The zero-order chi connectivity index (χ0) is 18.3. The summed E-state index contributed by atoms with van der Waals surface area (Å²) in [7, 11) is 0. The molecule has 2 aliphatic heterocycles. The van der Waals surface area contributed by atoms with Gasteiger partial charge in [0.1, 0.15) is 0 Å². The van der Waals surface area contributed by atoms with E-state index in [0.717, 1.165) is 44.0 Å². The molecule has 0 N–H and O–H groups in total. The molecular weight excluding hydrogens is 322 g/mol. The van der Waals surface area contributed by atoms with Crippen molar-refractivity contribution in [2.45, 2.75) is 27.3 Å². The number of nitrogens with zero attached hydrogens (tertiary/aromatic N) is 3. The van der Waals surface area contributed by atoms with E-state index in [0.29, 0.717) is 11.8 Å². The summed E-state index contributed by atoms with van der Waals surface area (Å²) in [6, 6.07) is 10.6. The van der Waals surface area contributed by atoms with E-state index < -0.39 is 0 Å². The molecule has 26 heavy (non-hydrogen) atoms. The van der Waals surface area contributed by atoms with Crippen molar-refractivity contribution in [2.75, 3.05) is 26.2 Å². The lowest BCUT2D eigenvalue weighted by molar-refractivity contribution is 0.0772. The summed E-state index contributed by atoms with van der Waals surface area (Å²) in [5, 5.41) is 0. The molecule has 1 amide bonds. The van der Waals surface area contributed by atoms with Crippen LogP contribution in [0.3, 0.4) is 0 Å². The summed E-state index contributed by atoms with van der Waals surface area (Å²) < 4.78 is 0. The van der Waals surface area contributed by atoms with Crippen LogP contribution in [0.2, 0.25) is 0 Å². The quantitative estimate of drug-likeness (QED) is 0.854. The fourth-order valence-corrected chi connectivity index (χ4v) is 4.68. The number of likely N-dealkylation sites (tertiary alicyclic amines) is 2. The van der Waals surface area contributed by atoms with Crippen LogP contribution in [0.4, 0.5) is 0 Å². The van der Waals surface area contributed by atoms with Crippen molar-refractivity contribution in [1.29, 1.82) is 0 Å². The van der Waals surface area contributed by atoms with Gasteiger partial charge in [-0.3, -0.25) is 14.7 Å². The maximum atomic E-state index is 12.8. The Bertz CT molecular complexity index is 798. The minimum Gasteiger partial charge on any atom is -0.338 e. The number of rotatable bonds is 3. The second-order valence-corrected chi connectivity index (χ2v) is 8.06. The SMILES string of the molecule is Cc1cc(C)cc(CN2C[C@@H]3CN(C(=O)c4cccnc4C)C[C@@H]3C2)c1. The van der Waals surface area contributed by atoms with Gasteiger partial charge in [0.2, 0.25) is 0 Å². The molecule has 3 heterocycles. The highest BCUT2D eigenvalue weighted by atomic mass is 16.2. The summed E-state index contributed by atoms with van der Waals surface area (Å²) in [4.78, 5) is 21.7. The second kappa shape index (κ2) is 6.84. The molecule has 0 bridgehead atoms.